The van der Waals surface area contributed by atoms with Crippen molar-refractivity contribution in [3.8, 4) is 61.3 Å². The summed E-state index contributed by atoms with van der Waals surface area (Å²) in [5.74, 6) is 0. The molecule has 0 amide bonds. The summed E-state index contributed by atoms with van der Waals surface area (Å²) in [6, 6.07) is 53.2. The van der Waals surface area contributed by atoms with Crippen molar-refractivity contribution in [2.45, 2.75) is 0 Å². The molecule has 49 heavy (non-hydrogen) atoms. The molecule has 0 spiro atoms. The zero-order valence-corrected chi connectivity index (χ0v) is 26.5. The Balaban J connectivity index is 1.21. The number of pyridine rings is 2. The van der Waals surface area contributed by atoms with Gasteiger partial charge in [-0.05, 0) is 122 Å². The molecule has 0 N–H and O–H groups in total. The van der Waals surface area contributed by atoms with Gasteiger partial charge in [0.05, 0.1) is 5.69 Å². The number of rotatable bonds is 6. The van der Waals surface area contributed by atoms with Gasteiger partial charge in [0.15, 0.2) is 0 Å². The largest absolute Gasteiger partial charge is 0.265 e. The van der Waals surface area contributed by atoms with Gasteiger partial charge >= 0.3 is 0 Å². The summed E-state index contributed by atoms with van der Waals surface area (Å²) < 4.78 is 0. The smallest absolute Gasteiger partial charge is 0.121 e. The molecule has 0 fully saturated rings. The summed E-state index contributed by atoms with van der Waals surface area (Å²) in [7, 11) is 0. The Morgan fingerprint density at radius 3 is 1.67 bits per heavy atom. The second-order valence-corrected chi connectivity index (χ2v) is 12.1. The van der Waals surface area contributed by atoms with E-state index >= 15 is 0 Å². The van der Waals surface area contributed by atoms with Crippen molar-refractivity contribution in [3.63, 3.8) is 0 Å². The summed E-state index contributed by atoms with van der Waals surface area (Å²) >= 11 is 0. The second kappa shape index (κ2) is 12.1. The maximum Gasteiger partial charge on any atom is 0.121 e. The molecule has 0 aliphatic carbocycles. The minimum atomic E-state index is 0.826. The van der Waals surface area contributed by atoms with Crippen molar-refractivity contribution in [1.29, 1.82) is 0 Å². The fraction of sp³-hybridized carbons (Fsp3) is 0. The van der Waals surface area contributed by atoms with Crippen molar-refractivity contribution in [2.24, 2.45) is 0 Å². The van der Waals surface area contributed by atoms with Crippen molar-refractivity contribution < 1.29 is 0 Å². The fourth-order valence-corrected chi connectivity index (χ4v) is 6.63. The first-order valence-corrected chi connectivity index (χ1v) is 16.3. The molecule has 0 unspecified atom stereocenters. The number of aromatic nitrogens is 5. The minimum Gasteiger partial charge on any atom is -0.265 e. The fourth-order valence-electron chi connectivity index (χ4n) is 6.63. The van der Waals surface area contributed by atoms with Crippen LogP contribution in [0.2, 0.25) is 0 Å². The lowest BCUT2D eigenvalue weighted by Crippen LogP contribution is -1.98. The summed E-state index contributed by atoms with van der Waals surface area (Å²) in [5.41, 5.74) is 13.6. The number of hydrogen-bond donors (Lipinski definition) is 0. The maximum atomic E-state index is 5.15. The van der Waals surface area contributed by atoms with Crippen molar-refractivity contribution in [1.82, 2.24) is 25.0 Å². The molecule has 3 heterocycles. The summed E-state index contributed by atoms with van der Waals surface area (Å²) in [6.07, 6.45) is 7.31. The lowest BCUT2D eigenvalue weighted by molar-refractivity contribution is 0.766. The molecule has 0 aliphatic rings. The second-order valence-electron chi connectivity index (χ2n) is 12.1. The average Bonchev–Trinajstić information content (AvgIpc) is 3.63. The number of hydrogen-bond acceptors (Lipinski definition) is 4. The first kappa shape index (κ1) is 28.5. The van der Waals surface area contributed by atoms with Gasteiger partial charge in [-0.2, -0.15) is 4.80 Å². The molecular weight excluding hydrogens is 599 g/mol. The van der Waals surface area contributed by atoms with Gasteiger partial charge in [-0.3, -0.25) is 9.97 Å². The van der Waals surface area contributed by atoms with Crippen LogP contribution in [0, 0.1) is 0 Å². The molecule has 9 rings (SSSR count). The van der Waals surface area contributed by atoms with E-state index in [4.69, 9.17) is 10.2 Å². The van der Waals surface area contributed by atoms with Gasteiger partial charge in [0, 0.05) is 30.4 Å². The van der Waals surface area contributed by atoms with E-state index in [0.29, 0.717) is 0 Å². The molecule has 6 aromatic carbocycles. The zero-order valence-electron chi connectivity index (χ0n) is 26.5. The molecule has 5 nitrogen and oxygen atoms in total. The van der Waals surface area contributed by atoms with Crippen LogP contribution in [0.25, 0.3) is 83.1 Å². The Morgan fingerprint density at radius 2 is 0.939 bits per heavy atom. The van der Waals surface area contributed by atoms with Crippen LogP contribution >= 0.6 is 0 Å². The van der Waals surface area contributed by atoms with Gasteiger partial charge in [-0.1, -0.05) is 91.0 Å². The third kappa shape index (κ3) is 5.43. The van der Waals surface area contributed by atoms with E-state index in [9.17, 15) is 0 Å². The van der Waals surface area contributed by atoms with Crippen LogP contribution in [-0.2, 0) is 0 Å². The molecule has 0 atom stereocenters. The van der Waals surface area contributed by atoms with Gasteiger partial charge < -0.3 is 0 Å². The third-order valence-electron chi connectivity index (χ3n) is 9.06. The predicted molar refractivity (Wildman–Crippen MR) is 199 cm³/mol. The number of benzene rings is 6. The molecule has 0 radical (unpaired) electrons. The summed E-state index contributed by atoms with van der Waals surface area (Å²) in [5, 5.41) is 12.7. The monoisotopic (exact) mass is 627 g/mol. The SMILES string of the molecule is c1cc(-c2ccncc2)cc(-c2cc(-c3cccc(-c4ccncc4)c3)c3nn(-c4cccc(-c5cccc6ccccc56)c4)nc3c2)c1. The molecule has 230 valence electrons. The van der Waals surface area contributed by atoms with E-state index in [-0.39, 0.29) is 0 Å². The molecular formula is C44H29N5. The van der Waals surface area contributed by atoms with Crippen LogP contribution in [0.1, 0.15) is 0 Å². The molecule has 9 aromatic rings. The van der Waals surface area contributed by atoms with Crippen LogP contribution in [0.5, 0.6) is 0 Å². The van der Waals surface area contributed by atoms with Crippen molar-refractivity contribution >= 4 is 21.8 Å². The maximum absolute atomic E-state index is 5.15. The van der Waals surface area contributed by atoms with Gasteiger partial charge in [0.25, 0.3) is 0 Å². The van der Waals surface area contributed by atoms with E-state index in [1.807, 2.05) is 49.1 Å². The standard InChI is InChI=1S/C44H29N5/c1-2-15-40-32(7-1)8-6-16-41(40)37-13-5-14-39(27-37)49-47-43-29-38(35-11-3-9-33(25-35)30-17-21-45-22-18-30)28-42(44(43)48-49)36-12-4-10-34(26-36)31-19-23-46-24-20-31/h1-29H. The van der Waals surface area contributed by atoms with Crippen molar-refractivity contribution in [2.75, 3.05) is 0 Å². The molecule has 0 saturated heterocycles. The van der Waals surface area contributed by atoms with E-state index in [2.05, 4.69) is 137 Å². The highest BCUT2D eigenvalue weighted by Gasteiger charge is 2.16. The minimum absolute atomic E-state index is 0.826. The Kier molecular flexibility index (Phi) is 7.06. The quantitative estimate of drug-likeness (QED) is 0.184. The zero-order chi connectivity index (χ0) is 32.6. The Hall–Kier alpha value is -6.72. The predicted octanol–water partition coefficient (Wildman–Crippen LogP) is 10.7. The van der Waals surface area contributed by atoms with Crippen molar-refractivity contribution in [3.05, 3.63) is 176 Å². The Bertz CT molecular complexity index is 2600. The van der Waals surface area contributed by atoms with E-state index in [1.54, 1.807) is 4.80 Å². The van der Waals surface area contributed by atoms with Gasteiger partial charge in [0.1, 0.15) is 11.0 Å². The molecule has 0 aliphatic heterocycles. The Labute approximate surface area is 283 Å². The normalized spacial score (nSPS) is 11.3. The topological polar surface area (TPSA) is 56.5 Å². The number of fused-ring (bicyclic) bond motifs is 2. The highest BCUT2D eigenvalue weighted by atomic mass is 15.5. The molecule has 0 bridgehead atoms. The highest BCUT2D eigenvalue weighted by Crippen LogP contribution is 2.36. The lowest BCUT2D eigenvalue weighted by atomic mass is 9.94. The molecule has 3 aromatic heterocycles. The van der Waals surface area contributed by atoms with Crippen LogP contribution in [0.15, 0.2) is 176 Å². The van der Waals surface area contributed by atoms with E-state index in [0.717, 1.165) is 66.8 Å². The first-order valence-electron chi connectivity index (χ1n) is 16.3. The summed E-state index contributed by atoms with van der Waals surface area (Å²) in [4.78, 5) is 10.2. The summed E-state index contributed by atoms with van der Waals surface area (Å²) in [6.45, 7) is 0. The average molecular weight is 628 g/mol. The van der Waals surface area contributed by atoms with Crippen LogP contribution in [0.4, 0.5) is 0 Å². The van der Waals surface area contributed by atoms with Gasteiger partial charge in [-0.15, -0.1) is 10.2 Å². The van der Waals surface area contributed by atoms with E-state index in [1.165, 1.54) is 16.3 Å². The van der Waals surface area contributed by atoms with Gasteiger partial charge in [-0.25, -0.2) is 0 Å². The van der Waals surface area contributed by atoms with Crippen LogP contribution < -0.4 is 0 Å². The molecule has 5 heteroatoms. The Morgan fingerprint density at radius 1 is 0.367 bits per heavy atom. The molecule has 0 saturated carbocycles. The third-order valence-corrected chi connectivity index (χ3v) is 9.06. The van der Waals surface area contributed by atoms with E-state index < -0.39 is 0 Å². The van der Waals surface area contributed by atoms with Gasteiger partial charge in [0.2, 0.25) is 0 Å². The first-order chi connectivity index (χ1) is 24.3. The highest BCUT2D eigenvalue weighted by molar-refractivity contribution is 5.98. The lowest BCUT2D eigenvalue weighted by Gasteiger charge is -2.10. The number of nitrogens with zero attached hydrogens (tertiary/aromatic N) is 5. The van der Waals surface area contributed by atoms with Crippen LogP contribution in [0.3, 0.4) is 0 Å². The van der Waals surface area contributed by atoms with Crippen LogP contribution in [-0.4, -0.2) is 25.0 Å².